The first kappa shape index (κ1) is 24.0. The van der Waals surface area contributed by atoms with Crippen molar-refractivity contribution in [3.63, 3.8) is 0 Å². The molecule has 0 radical (unpaired) electrons. The van der Waals surface area contributed by atoms with Gasteiger partial charge in [-0.3, -0.25) is 4.39 Å². The summed E-state index contributed by atoms with van der Waals surface area (Å²) >= 11 is 0. The van der Waals surface area contributed by atoms with Crippen LogP contribution in [0.1, 0.15) is 62.7 Å². The van der Waals surface area contributed by atoms with Crippen molar-refractivity contribution in [3.8, 4) is 0 Å². The van der Waals surface area contributed by atoms with Gasteiger partial charge in [-0.05, 0) is 50.9 Å². The Kier molecular flexibility index (Phi) is 11.7. The molecule has 0 spiro atoms. The predicted octanol–water partition coefficient (Wildman–Crippen LogP) is 3.40. The van der Waals surface area contributed by atoms with Crippen LogP contribution in [0.4, 0.5) is 4.39 Å². The van der Waals surface area contributed by atoms with Crippen LogP contribution >= 0.6 is 0 Å². The summed E-state index contributed by atoms with van der Waals surface area (Å²) in [6, 6.07) is 8.64. The van der Waals surface area contributed by atoms with Crippen molar-refractivity contribution >= 4 is 10.0 Å². The standard InChI is InChI=1S/C20H35FN2O3S/c1-2-23(16-10-5-3-4-9-15-21)17-11-14-19(24)20(27(22,25)26)18-12-7-6-8-13-18/h6-8,12-13,19-20,24H,2-5,9-11,14-17H2,1H3,(H2,22,25,26). The van der Waals surface area contributed by atoms with Crippen LogP contribution in [-0.4, -0.2) is 50.8 Å². The molecule has 156 valence electrons. The molecular weight excluding hydrogens is 367 g/mol. The van der Waals surface area contributed by atoms with Gasteiger partial charge in [-0.25, -0.2) is 13.6 Å². The first-order chi connectivity index (χ1) is 12.9. The molecule has 27 heavy (non-hydrogen) atoms. The minimum atomic E-state index is -3.89. The monoisotopic (exact) mass is 402 g/mol. The molecule has 2 unspecified atom stereocenters. The van der Waals surface area contributed by atoms with Gasteiger partial charge in [-0.1, -0.05) is 56.5 Å². The molecule has 0 amide bonds. The Balaban J connectivity index is 2.43. The zero-order valence-corrected chi connectivity index (χ0v) is 17.2. The normalized spacial score (nSPS) is 14.4. The lowest BCUT2D eigenvalue weighted by molar-refractivity contribution is 0.147. The first-order valence-electron chi connectivity index (χ1n) is 9.93. The molecule has 0 aromatic heterocycles. The number of aliphatic hydroxyl groups excluding tert-OH is 1. The SMILES string of the molecule is CCN(CCCCCCCF)CCCC(O)C(c1ccccc1)S(N)(=O)=O. The van der Waals surface area contributed by atoms with Gasteiger partial charge in [0.25, 0.3) is 0 Å². The summed E-state index contributed by atoms with van der Waals surface area (Å²) in [5, 5.41) is 14.7. The molecule has 0 saturated heterocycles. The molecule has 0 aliphatic rings. The molecule has 1 aromatic carbocycles. The molecule has 0 aliphatic carbocycles. The molecule has 0 heterocycles. The molecule has 1 aromatic rings. The fraction of sp³-hybridized carbons (Fsp3) is 0.700. The Morgan fingerprint density at radius 3 is 2.22 bits per heavy atom. The number of benzene rings is 1. The maximum absolute atomic E-state index is 12.1. The first-order valence-corrected chi connectivity index (χ1v) is 11.5. The highest BCUT2D eigenvalue weighted by Crippen LogP contribution is 2.26. The number of hydrogen-bond acceptors (Lipinski definition) is 4. The second-order valence-electron chi connectivity index (χ2n) is 7.02. The van der Waals surface area contributed by atoms with E-state index < -0.39 is 21.4 Å². The second kappa shape index (κ2) is 13.2. The van der Waals surface area contributed by atoms with E-state index in [1.54, 1.807) is 30.3 Å². The van der Waals surface area contributed by atoms with E-state index in [2.05, 4.69) is 11.8 Å². The lowest BCUT2D eigenvalue weighted by Crippen LogP contribution is -2.32. The molecule has 0 saturated carbocycles. The van der Waals surface area contributed by atoms with Crippen molar-refractivity contribution in [3.05, 3.63) is 35.9 Å². The Labute approximate surface area is 163 Å². The minimum Gasteiger partial charge on any atom is -0.391 e. The molecule has 1 rings (SSSR count). The fourth-order valence-electron chi connectivity index (χ4n) is 3.34. The highest BCUT2D eigenvalue weighted by Gasteiger charge is 2.31. The van der Waals surface area contributed by atoms with Crippen LogP contribution in [0.15, 0.2) is 30.3 Å². The summed E-state index contributed by atoms with van der Waals surface area (Å²) in [4.78, 5) is 2.30. The van der Waals surface area contributed by atoms with E-state index in [0.29, 0.717) is 24.8 Å². The van der Waals surface area contributed by atoms with Crippen LogP contribution in [0.3, 0.4) is 0 Å². The molecule has 0 aliphatic heterocycles. The van der Waals surface area contributed by atoms with Crippen LogP contribution in [0.25, 0.3) is 0 Å². The summed E-state index contributed by atoms with van der Waals surface area (Å²) in [6.45, 7) is 4.56. The summed E-state index contributed by atoms with van der Waals surface area (Å²) in [6.07, 6.45) is 4.89. The van der Waals surface area contributed by atoms with Crippen molar-refractivity contribution in [2.24, 2.45) is 5.14 Å². The zero-order valence-electron chi connectivity index (χ0n) is 16.4. The Bertz CT molecular complexity index is 599. The Hall–Kier alpha value is -1.02. The highest BCUT2D eigenvalue weighted by atomic mass is 32.2. The van der Waals surface area contributed by atoms with Crippen LogP contribution in [0.5, 0.6) is 0 Å². The predicted molar refractivity (Wildman–Crippen MR) is 109 cm³/mol. The summed E-state index contributed by atoms with van der Waals surface area (Å²) in [5.74, 6) is 0. The van der Waals surface area contributed by atoms with Crippen molar-refractivity contribution in [1.82, 2.24) is 4.90 Å². The molecule has 2 atom stereocenters. The second-order valence-corrected chi connectivity index (χ2v) is 8.71. The Morgan fingerprint density at radius 1 is 1.04 bits per heavy atom. The smallest absolute Gasteiger partial charge is 0.218 e. The number of alkyl halides is 1. The van der Waals surface area contributed by atoms with E-state index in [1.807, 2.05) is 0 Å². The average molecular weight is 403 g/mol. The zero-order chi connectivity index (χ0) is 20.1. The van der Waals surface area contributed by atoms with Crippen molar-refractivity contribution in [2.45, 2.75) is 63.2 Å². The quantitative estimate of drug-likeness (QED) is 0.441. The molecular formula is C20H35FN2O3S. The van der Waals surface area contributed by atoms with Gasteiger partial charge in [0.2, 0.25) is 10.0 Å². The van der Waals surface area contributed by atoms with E-state index in [1.165, 1.54) is 0 Å². The minimum absolute atomic E-state index is 0.230. The third-order valence-corrected chi connectivity index (χ3v) is 6.16. The van der Waals surface area contributed by atoms with Gasteiger partial charge in [0.1, 0.15) is 5.25 Å². The molecule has 0 fully saturated rings. The Morgan fingerprint density at radius 2 is 1.63 bits per heavy atom. The van der Waals surface area contributed by atoms with Crippen LogP contribution in [0.2, 0.25) is 0 Å². The average Bonchev–Trinajstić information content (AvgIpc) is 2.63. The number of unbranched alkanes of at least 4 members (excludes halogenated alkanes) is 4. The summed E-state index contributed by atoms with van der Waals surface area (Å²) < 4.78 is 36.0. The van der Waals surface area contributed by atoms with E-state index in [0.717, 1.165) is 45.3 Å². The van der Waals surface area contributed by atoms with E-state index >= 15 is 0 Å². The molecule has 5 nitrogen and oxygen atoms in total. The number of nitrogens with two attached hydrogens (primary N) is 1. The van der Waals surface area contributed by atoms with Gasteiger partial charge < -0.3 is 10.0 Å². The largest absolute Gasteiger partial charge is 0.391 e. The number of primary sulfonamides is 1. The lowest BCUT2D eigenvalue weighted by atomic mass is 10.0. The third-order valence-electron chi connectivity index (χ3n) is 4.86. The number of halogens is 1. The lowest BCUT2D eigenvalue weighted by Gasteiger charge is -2.24. The van der Waals surface area contributed by atoms with Gasteiger partial charge in [-0.2, -0.15) is 0 Å². The van der Waals surface area contributed by atoms with Gasteiger partial charge in [0, 0.05) is 0 Å². The number of hydrogen-bond donors (Lipinski definition) is 2. The van der Waals surface area contributed by atoms with Crippen LogP contribution in [-0.2, 0) is 10.0 Å². The topological polar surface area (TPSA) is 83.6 Å². The number of aliphatic hydroxyl groups is 1. The fourth-order valence-corrected chi connectivity index (χ4v) is 4.45. The number of nitrogens with zero attached hydrogens (tertiary/aromatic N) is 1. The van der Waals surface area contributed by atoms with E-state index in [9.17, 15) is 17.9 Å². The molecule has 0 bridgehead atoms. The van der Waals surface area contributed by atoms with Gasteiger partial charge >= 0.3 is 0 Å². The molecule has 7 heteroatoms. The maximum Gasteiger partial charge on any atom is 0.218 e. The number of sulfonamides is 1. The third kappa shape index (κ3) is 9.65. The van der Waals surface area contributed by atoms with Gasteiger partial charge in [-0.15, -0.1) is 0 Å². The van der Waals surface area contributed by atoms with Crippen LogP contribution in [0, 0.1) is 0 Å². The molecule has 3 N–H and O–H groups in total. The van der Waals surface area contributed by atoms with E-state index in [-0.39, 0.29) is 6.67 Å². The summed E-state index contributed by atoms with van der Waals surface area (Å²) in [5.41, 5.74) is 0.521. The van der Waals surface area contributed by atoms with Crippen LogP contribution < -0.4 is 5.14 Å². The van der Waals surface area contributed by atoms with Crippen molar-refractivity contribution in [2.75, 3.05) is 26.3 Å². The van der Waals surface area contributed by atoms with Crippen molar-refractivity contribution < 1.29 is 17.9 Å². The van der Waals surface area contributed by atoms with Gasteiger partial charge in [0.05, 0.1) is 12.8 Å². The highest BCUT2D eigenvalue weighted by molar-refractivity contribution is 7.89. The number of rotatable bonds is 15. The summed E-state index contributed by atoms with van der Waals surface area (Å²) in [7, 11) is -3.89. The van der Waals surface area contributed by atoms with E-state index in [4.69, 9.17) is 5.14 Å². The maximum atomic E-state index is 12.1. The van der Waals surface area contributed by atoms with Gasteiger partial charge in [0.15, 0.2) is 0 Å². The van der Waals surface area contributed by atoms with Crippen molar-refractivity contribution in [1.29, 1.82) is 0 Å².